The second kappa shape index (κ2) is 11.0. The van der Waals surface area contributed by atoms with Crippen molar-refractivity contribution < 1.29 is 24.3 Å². The van der Waals surface area contributed by atoms with Crippen molar-refractivity contribution in [2.24, 2.45) is 5.92 Å². The number of likely N-dealkylation sites (tertiary alicyclic amines) is 1. The summed E-state index contributed by atoms with van der Waals surface area (Å²) in [5.41, 5.74) is 4.96. The van der Waals surface area contributed by atoms with E-state index in [4.69, 9.17) is 0 Å². The lowest BCUT2D eigenvalue weighted by molar-refractivity contribution is -0.141. The number of carbonyl (C=O) groups excluding carboxylic acids is 3. The molecule has 0 bridgehead atoms. The second-order valence-corrected chi connectivity index (χ2v) is 9.98. The molecular formula is C30H30N4O5. The number of para-hydroxylation sites is 1. The van der Waals surface area contributed by atoms with E-state index in [0.717, 1.165) is 28.8 Å². The molecule has 9 nitrogen and oxygen atoms in total. The largest absolute Gasteiger partial charge is 0.481 e. The Morgan fingerprint density at radius 2 is 1.54 bits per heavy atom. The van der Waals surface area contributed by atoms with E-state index < -0.39 is 11.9 Å². The molecule has 2 atom stereocenters. The van der Waals surface area contributed by atoms with Crippen LogP contribution >= 0.6 is 0 Å². The van der Waals surface area contributed by atoms with Crippen LogP contribution in [0, 0.1) is 5.92 Å². The maximum atomic E-state index is 12.8. The smallest absolute Gasteiger partial charge is 0.326 e. The first-order valence-corrected chi connectivity index (χ1v) is 12.9. The Hall–Kier alpha value is -4.66. The van der Waals surface area contributed by atoms with Gasteiger partial charge in [0.2, 0.25) is 11.8 Å². The van der Waals surface area contributed by atoms with Gasteiger partial charge in [-0.25, -0.2) is 4.79 Å². The Morgan fingerprint density at radius 3 is 2.23 bits per heavy atom. The van der Waals surface area contributed by atoms with Crippen LogP contribution in [0.4, 0.5) is 21.9 Å². The molecule has 0 spiro atoms. The average Bonchev–Trinajstić information content (AvgIpc) is 3.56. The Balaban J connectivity index is 1.15. The number of fused-ring (bicyclic) bond motifs is 1. The summed E-state index contributed by atoms with van der Waals surface area (Å²) in [6.45, 7) is 2.64. The quantitative estimate of drug-likeness (QED) is 0.447. The van der Waals surface area contributed by atoms with Gasteiger partial charge in [-0.2, -0.15) is 0 Å². The Labute approximate surface area is 226 Å². The number of benzene rings is 3. The third-order valence-corrected chi connectivity index (χ3v) is 7.41. The number of amides is 4. The highest BCUT2D eigenvalue weighted by Gasteiger charge is 2.39. The molecule has 4 amide bonds. The Kier molecular flexibility index (Phi) is 7.31. The van der Waals surface area contributed by atoms with E-state index in [9.17, 15) is 24.3 Å². The summed E-state index contributed by atoms with van der Waals surface area (Å²) in [6.07, 6.45) is 0.995. The zero-order valence-corrected chi connectivity index (χ0v) is 21.6. The van der Waals surface area contributed by atoms with E-state index in [0.29, 0.717) is 24.5 Å². The van der Waals surface area contributed by atoms with Gasteiger partial charge in [0.05, 0.1) is 12.3 Å². The number of carboxylic acid groups (broad SMARTS) is 1. The van der Waals surface area contributed by atoms with Crippen LogP contribution in [0.25, 0.3) is 0 Å². The number of nitrogens with one attached hydrogen (secondary N) is 2. The SMILES string of the molecule is CC(=O)N1CC(C(=O)O)C(c2ccc(NC(=O)Cc3ccc(NC(=O)N4CCc5ccccc54)cc3)cc2)C1. The van der Waals surface area contributed by atoms with Crippen molar-refractivity contribution in [3.63, 3.8) is 0 Å². The molecule has 39 heavy (non-hydrogen) atoms. The van der Waals surface area contributed by atoms with Gasteiger partial charge in [0, 0.05) is 49.5 Å². The third kappa shape index (κ3) is 5.77. The molecule has 200 valence electrons. The van der Waals surface area contributed by atoms with Crippen molar-refractivity contribution in [1.82, 2.24) is 4.90 Å². The Morgan fingerprint density at radius 1 is 0.872 bits per heavy atom. The summed E-state index contributed by atoms with van der Waals surface area (Å²) >= 11 is 0. The summed E-state index contributed by atoms with van der Waals surface area (Å²) < 4.78 is 0. The molecule has 3 aromatic rings. The van der Waals surface area contributed by atoms with Crippen molar-refractivity contribution in [3.8, 4) is 0 Å². The molecule has 1 fully saturated rings. The first-order valence-electron chi connectivity index (χ1n) is 12.9. The van der Waals surface area contributed by atoms with Crippen LogP contribution in [0.3, 0.4) is 0 Å². The molecule has 2 unspecified atom stereocenters. The van der Waals surface area contributed by atoms with Crippen LogP contribution < -0.4 is 15.5 Å². The standard InChI is InChI=1S/C30H30N4O5/c1-19(35)33-17-25(26(18-33)29(37)38)21-8-12-23(13-9-21)31-28(36)16-20-6-10-24(11-7-20)32-30(39)34-15-14-22-4-2-3-5-27(22)34/h2-13,25-26H,14-18H2,1H3,(H,31,36)(H,32,39)(H,37,38). The monoisotopic (exact) mass is 526 g/mol. The van der Waals surface area contributed by atoms with E-state index in [2.05, 4.69) is 10.6 Å². The van der Waals surface area contributed by atoms with Gasteiger partial charge in [-0.1, -0.05) is 42.5 Å². The maximum Gasteiger partial charge on any atom is 0.326 e. The van der Waals surface area contributed by atoms with Crippen LogP contribution in [0.1, 0.15) is 29.5 Å². The number of rotatable bonds is 6. The molecule has 3 N–H and O–H groups in total. The number of nitrogens with zero attached hydrogens (tertiary/aromatic N) is 2. The number of carboxylic acids is 1. The van der Waals surface area contributed by atoms with Gasteiger partial charge >= 0.3 is 12.0 Å². The molecule has 0 radical (unpaired) electrons. The van der Waals surface area contributed by atoms with Gasteiger partial charge in [0.15, 0.2) is 0 Å². The normalized spacial score (nSPS) is 18.0. The highest BCUT2D eigenvalue weighted by molar-refractivity contribution is 6.03. The van der Waals surface area contributed by atoms with Crippen molar-refractivity contribution in [1.29, 1.82) is 0 Å². The first-order chi connectivity index (χ1) is 18.8. The molecule has 0 aromatic heterocycles. The van der Waals surface area contributed by atoms with Crippen molar-refractivity contribution >= 4 is 40.9 Å². The molecule has 2 aliphatic heterocycles. The molecule has 2 aliphatic rings. The van der Waals surface area contributed by atoms with E-state index in [-0.39, 0.29) is 36.7 Å². The van der Waals surface area contributed by atoms with Gasteiger partial charge in [0.25, 0.3) is 0 Å². The molecule has 9 heteroatoms. The van der Waals surface area contributed by atoms with Crippen LogP contribution in [-0.2, 0) is 27.2 Å². The zero-order valence-electron chi connectivity index (χ0n) is 21.6. The minimum atomic E-state index is -0.923. The molecule has 0 saturated carbocycles. The summed E-state index contributed by atoms with van der Waals surface area (Å²) in [4.78, 5) is 52.1. The van der Waals surface area contributed by atoms with Gasteiger partial charge in [-0.15, -0.1) is 0 Å². The zero-order chi connectivity index (χ0) is 27.5. The van der Waals surface area contributed by atoms with Crippen LogP contribution in [-0.4, -0.2) is 53.5 Å². The number of hydrogen-bond donors (Lipinski definition) is 3. The predicted octanol–water partition coefficient (Wildman–Crippen LogP) is 4.11. The fourth-order valence-corrected chi connectivity index (χ4v) is 5.30. The number of urea groups is 1. The van der Waals surface area contributed by atoms with Gasteiger partial charge < -0.3 is 20.6 Å². The summed E-state index contributed by atoms with van der Waals surface area (Å²) in [6, 6.07) is 22.0. The molecule has 1 saturated heterocycles. The topological polar surface area (TPSA) is 119 Å². The van der Waals surface area contributed by atoms with Crippen molar-refractivity contribution in [3.05, 3.63) is 89.5 Å². The second-order valence-electron chi connectivity index (χ2n) is 9.98. The first kappa shape index (κ1) is 26.0. The highest BCUT2D eigenvalue weighted by Crippen LogP contribution is 2.33. The molecule has 0 aliphatic carbocycles. The van der Waals surface area contributed by atoms with Gasteiger partial charge in [-0.05, 0) is 53.4 Å². The number of anilines is 3. The number of hydrogen-bond acceptors (Lipinski definition) is 4. The van der Waals surface area contributed by atoms with E-state index in [1.54, 1.807) is 46.2 Å². The van der Waals surface area contributed by atoms with Crippen LogP contribution in [0.2, 0.25) is 0 Å². The fourth-order valence-electron chi connectivity index (χ4n) is 5.30. The third-order valence-electron chi connectivity index (χ3n) is 7.41. The molecule has 3 aromatic carbocycles. The minimum absolute atomic E-state index is 0.139. The summed E-state index contributed by atoms with van der Waals surface area (Å²) in [5.74, 6) is -2.21. The van der Waals surface area contributed by atoms with Crippen molar-refractivity contribution in [2.75, 3.05) is 35.2 Å². The molecule has 2 heterocycles. The minimum Gasteiger partial charge on any atom is -0.481 e. The van der Waals surface area contributed by atoms with Crippen molar-refractivity contribution in [2.45, 2.75) is 25.7 Å². The van der Waals surface area contributed by atoms with E-state index >= 15 is 0 Å². The van der Waals surface area contributed by atoms with Crippen LogP contribution in [0.15, 0.2) is 72.8 Å². The lowest BCUT2D eigenvalue weighted by atomic mass is 9.89. The highest BCUT2D eigenvalue weighted by atomic mass is 16.4. The van der Waals surface area contributed by atoms with Gasteiger partial charge in [0.1, 0.15) is 0 Å². The predicted molar refractivity (Wildman–Crippen MR) is 148 cm³/mol. The molecule has 5 rings (SSSR count). The number of carbonyl (C=O) groups is 4. The van der Waals surface area contributed by atoms with Gasteiger partial charge in [-0.3, -0.25) is 19.3 Å². The lowest BCUT2D eigenvalue weighted by Gasteiger charge is -2.18. The van der Waals surface area contributed by atoms with E-state index in [1.807, 2.05) is 36.4 Å². The maximum absolute atomic E-state index is 12.8. The molecular weight excluding hydrogens is 496 g/mol. The fraction of sp³-hybridized carbons (Fsp3) is 0.267. The number of aliphatic carboxylic acids is 1. The lowest BCUT2D eigenvalue weighted by Crippen LogP contribution is -2.33. The summed E-state index contributed by atoms with van der Waals surface area (Å²) in [7, 11) is 0. The summed E-state index contributed by atoms with van der Waals surface area (Å²) in [5, 5.41) is 15.4. The Bertz CT molecular complexity index is 1400. The average molecular weight is 527 g/mol. The van der Waals surface area contributed by atoms with E-state index in [1.165, 1.54) is 6.92 Å². The van der Waals surface area contributed by atoms with Crippen LogP contribution in [0.5, 0.6) is 0 Å².